The van der Waals surface area contributed by atoms with Gasteiger partial charge in [0, 0.05) is 12.2 Å². The normalized spacial score (nSPS) is 31.6. The monoisotopic (exact) mass is 330 g/mol. The molecular weight excluding hydrogens is 311 g/mol. The molecule has 1 aliphatic heterocycles. The van der Waals surface area contributed by atoms with E-state index >= 15 is 0 Å². The minimum absolute atomic E-state index is 0.155. The van der Waals surface area contributed by atoms with Crippen LogP contribution >= 0.6 is 12.2 Å². The number of aliphatic hydroxyl groups excluding tert-OH is 3. The van der Waals surface area contributed by atoms with Gasteiger partial charge in [0.1, 0.15) is 30.2 Å². The molecule has 0 bridgehead atoms. The number of benzene rings is 1. The molecule has 0 saturated carbocycles. The molecule has 0 aliphatic carbocycles. The lowest BCUT2D eigenvalue weighted by Gasteiger charge is -2.39. The third-order valence-corrected chi connectivity index (χ3v) is 3.76. The van der Waals surface area contributed by atoms with Crippen molar-refractivity contribution in [2.45, 2.75) is 37.4 Å². The van der Waals surface area contributed by atoms with Gasteiger partial charge in [-0.05, 0) is 43.4 Å². The lowest BCUT2D eigenvalue weighted by atomic mass is 9.96. The van der Waals surface area contributed by atoms with Gasteiger partial charge in [0.2, 0.25) is 0 Å². The van der Waals surface area contributed by atoms with Crippen molar-refractivity contribution in [1.82, 2.24) is 5.32 Å². The summed E-state index contributed by atoms with van der Waals surface area (Å²) in [4.78, 5) is 0. The first-order chi connectivity index (χ1) is 10.4. The highest BCUT2D eigenvalue weighted by Crippen LogP contribution is 2.20. The van der Waals surface area contributed by atoms with Gasteiger partial charge in [-0.15, -0.1) is 0 Å². The third-order valence-electron chi connectivity index (χ3n) is 3.52. The fraction of sp³-hybridized carbons (Fsp3) is 0.500. The molecule has 0 amide bonds. The maximum atomic E-state index is 12.8. The maximum Gasteiger partial charge on any atom is 0.170 e. The number of aliphatic hydroxyl groups is 3. The first-order valence-corrected chi connectivity index (χ1v) is 7.29. The van der Waals surface area contributed by atoms with Crippen LogP contribution in [0.3, 0.4) is 0 Å². The molecule has 2 rings (SSSR count). The van der Waals surface area contributed by atoms with E-state index in [9.17, 15) is 19.7 Å². The number of halogens is 1. The zero-order valence-electron chi connectivity index (χ0n) is 11.9. The number of nitrogens with one attached hydrogen (secondary N) is 2. The van der Waals surface area contributed by atoms with Gasteiger partial charge in [-0.2, -0.15) is 0 Å². The summed E-state index contributed by atoms with van der Waals surface area (Å²) >= 11 is 5.09. The van der Waals surface area contributed by atoms with E-state index in [0.29, 0.717) is 5.69 Å². The van der Waals surface area contributed by atoms with Crippen molar-refractivity contribution >= 4 is 23.0 Å². The summed E-state index contributed by atoms with van der Waals surface area (Å²) in [6, 6.07) is 5.69. The molecule has 0 unspecified atom stereocenters. The van der Waals surface area contributed by atoms with Crippen LogP contribution in [0.2, 0.25) is 0 Å². The molecule has 5 atom stereocenters. The van der Waals surface area contributed by atoms with E-state index in [-0.39, 0.29) is 17.5 Å². The van der Waals surface area contributed by atoms with Crippen LogP contribution in [0.15, 0.2) is 24.3 Å². The topological polar surface area (TPSA) is 94.0 Å². The molecule has 22 heavy (non-hydrogen) atoms. The highest BCUT2D eigenvalue weighted by molar-refractivity contribution is 7.80. The van der Waals surface area contributed by atoms with Crippen LogP contribution in [0.5, 0.6) is 0 Å². The number of rotatable bonds is 3. The van der Waals surface area contributed by atoms with Crippen LogP contribution < -0.4 is 10.6 Å². The molecule has 1 fully saturated rings. The molecule has 1 aromatic carbocycles. The van der Waals surface area contributed by atoms with E-state index in [1.165, 1.54) is 24.3 Å². The summed E-state index contributed by atoms with van der Waals surface area (Å²) in [6.07, 6.45) is -4.91. The molecule has 0 aromatic heterocycles. The largest absolute Gasteiger partial charge is 0.388 e. The maximum absolute atomic E-state index is 12.8. The number of hydrogen-bond donors (Lipinski definition) is 5. The van der Waals surface area contributed by atoms with E-state index in [4.69, 9.17) is 17.0 Å². The van der Waals surface area contributed by atoms with Crippen molar-refractivity contribution in [2.24, 2.45) is 0 Å². The molecule has 1 aromatic rings. The first-order valence-electron chi connectivity index (χ1n) is 6.88. The summed E-state index contributed by atoms with van der Waals surface area (Å²) in [7, 11) is 0. The Kier molecular flexibility index (Phi) is 5.65. The average Bonchev–Trinajstić information content (AvgIpc) is 2.50. The van der Waals surface area contributed by atoms with E-state index in [0.717, 1.165) is 0 Å². The Bertz CT molecular complexity index is 516. The molecule has 0 radical (unpaired) electrons. The Balaban J connectivity index is 1.84. The molecule has 8 heteroatoms. The lowest BCUT2D eigenvalue weighted by molar-refractivity contribution is -0.214. The van der Waals surface area contributed by atoms with E-state index < -0.39 is 30.5 Å². The van der Waals surface area contributed by atoms with E-state index in [1.54, 1.807) is 6.92 Å². The molecule has 1 saturated heterocycles. The predicted octanol–water partition coefficient (Wildman–Crippen LogP) is -0.0179. The number of anilines is 1. The standard InChI is InChI=1S/C14H19FN2O4S/c1-7-11(18)13(20)12(19)10(21-7)6-16-14(22)17-9-4-2-8(15)3-5-9/h2-5,7,10-13,18-20H,6H2,1H3,(H2,16,17,22)/t7-,10+,11+,12+,13+/m0/s1. The van der Waals surface area contributed by atoms with Gasteiger partial charge < -0.3 is 30.7 Å². The lowest BCUT2D eigenvalue weighted by Crippen LogP contribution is -2.59. The van der Waals surface area contributed by atoms with Crippen LogP contribution in [0.25, 0.3) is 0 Å². The Hall–Kier alpha value is -1.32. The van der Waals surface area contributed by atoms with Crippen LogP contribution in [0, 0.1) is 5.82 Å². The van der Waals surface area contributed by atoms with Crippen molar-refractivity contribution in [3.05, 3.63) is 30.1 Å². The highest BCUT2D eigenvalue weighted by atomic mass is 32.1. The summed E-state index contributed by atoms with van der Waals surface area (Å²) in [6.45, 7) is 1.77. The second-order valence-corrected chi connectivity index (χ2v) is 5.60. The minimum Gasteiger partial charge on any atom is -0.388 e. The van der Waals surface area contributed by atoms with Crippen molar-refractivity contribution < 1.29 is 24.4 Å². The van der Waals surface area contributed by atoms with Gasteiger partial charge in [-0.25, -0.2) is 4.39 Å². The van der Waals surface area contributed by atoms with Gasteiger partial charge in [0.25, 0.3) is 0 Å². The molecule has 6 nitrogen and oxygen atoms in total. The fourth-order valence-electron chi connectivity index (χ4n) is 2.21. The Labute approximate surface area is 132 Å². The van der Waals surface area contributed by atoms with Crippen molar-refractivity contribution in [1.29, 1.82) is 0 Å². The Morgan fingerprint density at radius 2 is 1.82 bits per heavy atom. The zero-order valence-corrected chi connectivity index (χ0v) is 12.8. The molecule has 1 aliphatic rings. The third kappa shape index (κ3) is 4.11. The van der Waals surface area contributed by atoms with Crippen LogP contribution in [-0.4, -0.2) is 57.5 Å². The van der Waals surface area contributed by atoms with Gasteiger partial charge in [-0.1, -0.05) is 0 Å². The van der Waals surface area contributed by atoms with E-state index in [2.05, 4.69) is 10.6 Å². The van der Waals surface area contributed by atoms with Crippen molar-refractivity contribution in [2.75, 3.05) is 11.9 Å². The molecular formula is C14H19FN2O4S. The van der Waals surface area contributed by atoms with Crippen LogP contribution in [0.4, 0.5) is 10.1 Å². The second kappa shape index (κ2) is 7.30. The summed E-state index contributed by atoms with van der Waals surface area (Å²) in [5.41, 5.74) is 0.618. The molecule has 122 valence electrons. The number of hydrogen-bond acceptors (Lipinski definition) is 5. The van der Waals surface area contributed by atoms with Gasteiger partial charge in [0.15, 0.2) is 5.11 Å². The summed E-state index contributed by atoms with van der Waals surface area (Å²) in [5, 5.41) is 35.2. The first kappa shape index (κ1) is 17.0. The van der Waals surface area contributed by atoms with Gasteiger partial charge in [0.05, 0.1) is 6.10 Å². The van der Waals surface area contributed by atoms with Crippen molar-refractivity contribution in [3.63, 3.8) is 0 Å². The Morgan fingerprint density at radius 3 is 2.45 bits per heavy atom. The number of ether oxygens (including phenoxy) is 1. The minimum atomic E-state index is -1.27. The SMILES string of the molecule is C[C@@H]1O[C@H](CNC(=S)Nc2ccc(F)cc2)[C@@H](O)[C@H](O)[C@@H]1O. The molecule has 0 spiro atoms. The second-order valence-electron chi connectivity index (χ2n) is 5.19. The average molecular weight is 330 g/mol. The Morgan fingerprint density at radius 1 is 1.18 bits per heavy atom. The smallest absolute Gasteiger partial charge is 0.170 e. The predicted molar refractivity (Wildman–Crippen MR) is 83.0 cm³/mol. The molecule has 5 N–H and O–H groups in total. The van der Waals surface area contributed by atoms with E-state index in [1.807, 2.05) is 0 Å². The highest BCUT2D eigenvalue weighted by Gasteiger charge is 2.41. The van der Waals surface area contributed by atoms with Crippen LogP contribution in [0.1, 0.15) is 6.92 Å². The summed E-state index contributed by atoms with van der Waals surface area (Å²) in [5.74, 6) is -0.343. The number of thiocarbonyl (C=S) groups is 1. The fourth-order valence-corrected chi connectivity index (χ4v) is 2.41. The van der Waals surface area contributed by atoms with Gasteiger partial charge >= 0.3 is 0 Å². The zero-order chi connectivity index (χ0) is 16.3. The van der Waals surface area contributed by atoms with Crippen molar-refractivity contribution in [3.8, 4) is 0 Å². The molecule has 1 heterocycles. The quantitative estimate of drug-likeness (QED) is 0.497. The van der Waals surface area contributed by atoms with Crippen LogP contribution in [-0.2, 0) is 4.74 Å². The van der Waals surface area contributed by atoms with Gasteiger partial charge in [-0.3, -0.25) is 0 Å². The summed E-state index contributed by atoms with van der Waals surface area (Å²) < 4.78 is 18.2.